The van der Waals surface area contributed by atoms with Crippen LogP contribution in [0.2, 0.25) is 0 Å². The van der Waals surface area contributed by atoms with Crippen LogP contribution in [0.5, 0.6) is 0 Å². The molecule has 152 valence electrons. The number of halogens is 1. The van der Waals surface area contributed by atoms with E-state index in [0.717, 1.165) is 49.2 Å². The summed E-state index contributed by atoms with van der Waals surface area (Å²) in [6, 6.07) is 6.04. The van der Waals surface area contributed by atoms with Crippen molar-refractivity contribution in [3.63, 3.8) is 0 Å². The highest BCUT2D eigenvalue weighted by atomic mass is 32.1. The topological polar surface area (TPSA) is 58.6 Å². The van der Waals surface area contributed by atoms with Gasteiger partial charge in [-0.2, -0.15) is 0 Å². The van der Waals surface area contributed by atoms with Crippen molar-refractivity contribution in [3.8, 4) is 0 Å². The highest BCUT2D eigenvalue weighted by Crippen LogP contribution is 2.22. The summed E-state index contributed by atoms with van der Waals surface area (Å²) in [6.07, 6.45) is 0. The predicted octanol–water partition coefficient (Wildman–Crippen LogP) is 3.24. The Balaban J connectivity index is 1.49. The number of morpholine rings is 1. The molecule has 0 unspecified atom stereocenters. The summed E-state index contributed by atoms with van der Waals surface area (Å²) in [7, 11) is 1.74. The number of pyridine rings is 1. The number of carbonyl (C=O) groups excluding carboxylic acids is 1. The largest absolute Gasteiger partial charge is 0.379 e. The molecule has 0 saturated carbocycles. The summed E-state index contributed by atoms with van der Waals surface area (Å²) in [4.78, 5) is 26.1. The molecule has 0 aliphatic carbocycles. The summed E-state index contributed by atoms with van der Waals surface area (Å²) < 4.78 is 19.1. The maximum atomic E-state index is 13.8. The number of aryl methyl sites for hydroxylation is 1. The SMILES string of the molecule is Cc1cc(C(=O)N(C)Cc2csc(CN3CCOCC3)n2)c2cc(F)ccc2n1. The number of ether oxygens (including phenoxy) is 1. The number of thiazole rings is 1. The lowest BCUT2D eigenvalue weighted by Crippen LogP contribution is -2.35. The minimum atomic E-state index is -0.382. The molecule has 6 nitrogen and oxygen atoms in total. The smallest absolute Gasteiger partial charge is 0.254 e. The molecule has 0 radical (unpaired) electrons. The van der Waals surface area contributed by atoms with Crippen LogP contribution in [0.15, 0.2) is 29.6 Å². The molecule has 3 aromatic rings. The standard InChI is InChI=1S/C21H23FN4O2S/c1-14-9-18(17-10-15(22)3-4-19(17)23-14)21(27)25(2)11-16-13-29-20(24-16)12-26-5-7-28-8-6-26/h3-4,9-10,13H,5-8,11-12H2,1-2H3. The maximum absolute atomic E-state index is 13.8. The molecule has 1 aromatic carbocycles. The van der Waals surface area contributed by atoms with Crippen LogP contribution in [0.4, 0.5) is 4.39 Å². The maximum Gasteiger partial charge on any atom is 0.254 e. The minimum absolute atomic E-state index is 0.172. The van der Waals surface area contributed by atoms with Gasteiger partial charge in [0.25, 0.3) is 5.91 Å². The number of nitrogens with zero attached hydrogens (tertiary/aromatic N) is 4. The molecular weight excluding hydrogens is 391 g/mol. The molecule has 1 aliphatic heterocycles. The molecule has 0 atom stereocenters. The first-order valence-electron chi connectivity index (χ1n) is 9.55. The van der Waals surface area contributed by atoms with Crippen molar-refractivity contribution >= 4 is 28.1 Å². The van der Waals surface area contributed by atoms with E-state index in [1.807, 2.05) is 12.3 Å². The summed E-state index contributed by atoms with van der Waals surface area (Å²) in [5.41, 5.74) is 2.65. The van der Waals surface area contributed by atoms with Gasteiger partial charge in [0, 0.05) is 36.6 Å². The molecule has 0 bridgehead atoms. The van der Waals surface area contributed by atoms with Gasteiger partial charge in [-0.05, 0) is 31.2 Å². The molecule has 1 amide bonds. The van der Waals surface area contributed by atoms with Gasteiger partial charge in [0.05, 0.1) is 43.1 Å². The Labute approximate surface area is 172 Å². The van der Waals surface area contributed by atoms with Crippen molar-refractivity contribution in [1.82, 2.24) is 19.8 Å². The van der Waals surface area contributed by atoms with Crippen LogP contribution in [-0.4, -0.2) is 59.0 Å². The molecule has 0 spiro atoms. The fraction of sp³-hybridized carbons (Fsp3) is 0.381. The quantitative estimate of drug-likeness (QED) is 0.642. The van der Waals surface area contributed by atoms with E-state index >= 15 is 0 Å². The molecule has 29 heavy (non-hydrogen) atoms. The Bertz CT molecular complexity index is 1030. The molecule has 8 heteroatoms. The Morgan fingerprint density at radius 1 is 1.28 bits per heavy atom. The zero-order valence-corrected chi connectivity index (χ0v) is 17.3. The zero-order chi connectivity index (χ0) is 20.4. The van der Waals surface area contributed by atoms with Crippen LogP contribution in [0.3, 0.4) is 0 Å². The van der Waals surface area contributed by atoms with Gasteiger partial charge in [-0.3, -0.25) is 14.7 Å². The molecule has 1 fully saturated rings. The molecule has 4 rings (SSSR count). The summed E-state index contributed by atoms with van der Waals surface area (Å²) in [5, 5.41) is 3.56. The Kier molecular flexibility index (Phi) is 5.84. The Morgan fingerprint density at radius 2 is 2.07 bits per heavy atom. The summed E-state index contributed by atoms with van der Waals surface area (Å²) in [6.45, 7) is 6.38. The Hall–Kier alpha value is -2.42. The summed E-state index contributed by atoms with van der Waals surface area (Å²) in [5.74, 6) is -0.555. The number of hydrogen-bond acceptors (Lipinski definition) is 6. The molecular formula is C21H23FN4O2S. The number of carbonyl (C=O) groups is 1. The second kappa shape index (κ2) is 8.52. The number of benzene rings is 1. The van der Waals surface area contributed by atoms with E-state index in [9.17, 15) is 9.18 Å². The van der Waals surface area contributed by atoms with Crippen molar-refractivity contribution in [2.24, 2.45) is 0 Å². The Morgan fingerprint density at radius 3 is 2.86 bits per heavy atom. The third-order valence-corrected chi connectivity index (χ3v) is 5.82. The van der Waals surface area contributed by atoms with E-state index in [2.05, 4.69) is 14.9 Å². The van der Waals surface area contributed by atoms with Crippen LogP contribution in [0.25, 0.3) is 10.9 Å². The molecule has 1 saturated heterocycles. The van der Waals surface area contributed by atoms with E-state index in [0.29, 0.717) is 23.0 Å². The second-order valence-corrected chi connectivity index (χ2v) is 8.20. The third-order valence-electron chi connectivity index (χ3n) is 4.94. The predicted molar refractivity (Wildman–Crippen MR) is 110 cm³/mol. The van der Waals surface area contributed by atoms with Crippen LogP contribution in [0, 0.1) is 12.7 Å². The highest BCUT2D eigenvalue weighted by molar-refractivity contribution is 7.09. The van der Waals surface area contributed by atoms with Crippen molar-refractivity contribution in [2.45, 2.75) is 20.0 Å². The number of aromatic nitrogens is 2. The van der Waals surface area contributed by atoms with Crippen molar-refractivity contribution in [2.75, 3.05) is 33.4 Å². The lowest BCUT2D eigenvalue weighted by Gasteiger charge is -2.25. The van der Waals surface area contributed by atoms with E-state index in [1.54, 1.807) is 35.4 Å². The van der Waals surface area contributed by atoms with Gasteiger partial charge in [0.2, 0.25) is 0 Å². The van der Waals surface area contributed by atoms with Gasteiger partial charge >= 0.3 is 0 Å². The number of hydrogen-bond donors (Lipinski definition) is 0. The monoisotopic (exact) mass is 414 g/mol. The van der Waals surface area contributed by atoms with E-state index in [4.69, 9.17) is 4.74 Å². The van der Waals surface area contributed by atoms with Crippen molar-refractivity contribution in [3.05, 3.63) is 57.4 Å². The fourth-order valence-corrected chi connectivity index (χ4v) is 4.30. The minimum Gasteiger partial charge on any atom is -0.379 e. The zero-order valence-electron chi connectivity index (χ0n) is 16.5. The van der Waals surface area contributed by atoms with Gasteiger partial charge in [-0.25, -0.2) is 9.37 Å². The van der Waals surface area contributed by atoms with Crippen LogP contribution >= 0.6 is 11.3 Å². The average molecular weight is 415 g/mol. The normalized spacial score (nSPS) is 15.0. The van der Waals surface area contributed by atoms with Crippen LogP contribution in [-0.2, 0) is 17.8 Å². The average Bonchev–Trinajstić information content (AvgIpc) is 3.14. The fourth-order valence-electron chi connectivity index (χ4n) is 3.47. The third kappa shape index (κ3) is 4.60. The number of rotatable bonds is 5. The number of fused-ring (bicyclic) bond motifs is 1. The van der Waals surface area contributed by atoms with Crippen LogP contribution < -0.4 is 0 Å². The molecule has 2 aromatic heterocycles. The van der Waals surface area contributed by atoms with Gasteiger partial charge in [-0.1, -0.05) is 0 Å². The number of amides is 1. The van der Waals surface area contributed by atoms with E-state index in [1.165, 1.54) is 12.1 Å². The summed E-state index contributed by atoms with van der Waals surface area (Å²) >= 11 is 1.61. The first kappa shape index (κ1) is 19.9. The van der Waals surface area contributed by atoms with E-state index < -0.39 is 0 Å². The lowest BCUT2D eigenvalue weighted by atomic mass is 10.1. The van der Waals surface area contributed by atoms with Gasteiger partial charge in [-0.15, -0.1) is 11.3 Å². The van der Waals surface area contributed by atoms with Gasteiger partial charge < -0.3 is 9.64 Å². The van der Waals surface area contributed by atoms with E-state index in [-0.39, 0.29) is 11.7 Å². The van der Waals surface area contributed by atoms with Crippen molar-refractivity contribution in [1.29, 1.82) is 0 Å². The highest BCUT2D eigenvalue weighted by Gasteiger charge is 2.19. The van der Waals surface area contributed by atoms with Gasteiger partial charge in [0.15, 0.2) is 0 Å². The molecule has 1 aliphatic rings. The molecule has 0 N–H and O–H groups in total. The van der Waals surface area contributed by atoms with Gasteiger partial charge in [0.1, 0.15) is 10.8 Å². The first-order chi connectivity index (χ1) is 14.0. The second-order valence-electron chi connectivity index (χ2n) is 7.25. The van der Waals surface area contributed by atoms with Crippen molar-refractivity contribution < 1.29 is 13.9 Å². The molecule has 3 heterocycles. The lowest BCUT2D eigenvalue weighted by molar-refractivity contribution is 0.0341. The first-order valence-corrected chi connectivity index (χ1v) is 10.4. The van der Waals surface area contributed by atoms with Crippen LogP contribution in [0.1, 0.15) is 26.8 Å².